The summed E-state index contributed by atoms with van der Waals surface area (Å²) in [4.78, 5) is 2.47. The molecule has 9 heteroatoms. The Morgan fingerprint density at radius 3 is 2.16 bits per heavy atom. The molecule has 0 spiro atoms. The monoisotopic (exact) mass is 297 g/mol. The van der Waals surface area contributed by atoms with Crippen molar-refractivity contribution in [3.8, 4) is 0 Å². The van der Waals surface area contributed by atoms with Crippen LogP contribution in [0.1, 0.15) is 5.56 Å². The molecule has 1 rings (SSSR count). The molecule has 19 heavy (non-hydrogen) atoms. The molecule has 0 heterocycles. The topological polar surface area (TPSA) is 48.8 Å². The first-order valence-electron chi connectivity index (χ1n) is 4.93. The van der Waals surface area contributed by atoms with Crippen LogP contribution in [0.15, 0.2) is 34.3 Å². The molecular weight excluding hydrogens is 289 g/mol. The summed E-state index contributed by atoms with van der Waals surface area (Å²) in [5.41, 5.74) is 7.58. The van der Waals surface area contributed by atoms with Crippen LogP contribution >= 0.6 is 11.8 Å². The van der Waals surface area contributed by atoms with E-state index in [9.17, 15) is 22.0 Å². The zero-order valence-corrected chi connectivity index (χ0v) is 10.2. The summed E-state index contributed by atoms with van der Waals surface area (Å²) >= 11 is 0.513. The van der Waals surface area contributed by atoms with Gasteiger partial charge >= 0.3 is 6.18 Å². The number of rotatable bonds is 5. The fourth-order valence-corrected chi connectivity index (χ4v) is 1.83. The molecule has 0 amide bonds. The molecule has 0 aliphatic rings. The zero-order chi connectivity index (χ0) is 14.5. The summed E-state index contributed by atoms with van der Waals surface area (Å²) < 4.78 is 62.7. The van der Waals surface area contributed by atoms with Crippen LogP contribution in [0.4, 0.5) is 22.0 Å². The maximum atomic E-state index is 13.4. The highest BCUT2D eigenvalue weighted by molar-refractivity contribution is 7.99. The third-order valence-corrected chi connectivity index (χ3v) is 3.09. The number of halogens is 5. The smallest absolute Gasteiger partial charge is 0.201 e. The third kappa shape index (κ3) is 5.35. The van der Waals surface area contributed by atoms with Crippen molar-refractivity contribution in [2.45, 2.75) is 17.0 Å². The minimum Gasteiger partial charge on any atom is -0.201 e. The first-order chi connectivity index (χ1) is 8.74. The van der Waals surface area contributed by atoms with Gasteiger partial charge in [0.2, 0.25) is 0 Å². The van der Waals surface area contributed by atoms with Crippen LogP contribution in [-0.4, -0.2) is 18.5 Å². The number of hydrogen-bond donors (Lipinski definition) is 0. The average Bonchev–Trinajstić information content (AvgIpc) is 2.34. The van der Waals surface area contributed by atoms with Crippen molar-refractivity contribution in [3.63, 3.8) is 0 Å². The molecule has 0 fully saturated rings. The maximum Gasteiger partial charge on any atom is 0.398 e. The summed E-state index contributed by atoms with van der Waals surface area (Å²) in [5, 5.41) is 2.79. The first kappa shape index (κ1) is 15.6. The van der Waals surface area contributed by atoms with Gasteiger partial charge in [-0.05, 0) is 17.7 Å². The number of azide groups is 1. The van der Waals surface area contributed by atoms with Gasteiger partial charge in [0.25, 0.3) is 5.92 Å². The van der Waals surface area contributed by atoms with E-state index in [2.05, 4.69) is 10.0 Å². The van der Waals surface area contributed by atoms with E-state index in [-0.39, 0.29) is 4.90 Å². The molecule has 0 unspecified atom stereocenters. The van der Waals surface area contributed by atoms with Crippen LogP contribution in [0, 0.1) is 0 Å². The number of thioether (sulfide) groups is 1. The van der Waals surface area contributed by atoms with E-state index < -0.39 is 30.0 Å². The van der Waals surface area contributed by atoms with Crippen molar-refractivity contribution in [1.29, 1.82) is 0 Å². The Labute approximate surface area is 109 Å². The fraction of sp³-hybridized carbons (Fsp3) is 0.400. The van der Waals surface area contributed by atoms with E-state index in [4.69, 9.17) is 5.53 Å². The zero-order valence-electron chi connectivity index (χ0n) is 9.36. The second kappa shape index (κ2) is 6.12. The lowest BCUT2D eigenvalue weighted by atomic mass is 10.1. The Balaban J connectivity index is 2.73. The van der Waals surface area contributed by atoms with Crippen LogP contribution in [-0.2, 0) is 5.92 Å². The van der Waals surface area contributed by atoms with Gasteiger partial charge in [0.05, 0.1) is 12.3 Å². The van der Waals surface area contributed by atoms with E-state index in [1.807, 2.05) is 0 Å². The van der Waals surface area contributed by atoms with Gasteiger partial charge in [0.15, 0.2) is 0 Å². The molecule has 0 N–H and O–H groups in total. The van der Waals surface area contributed by atoms with Crippen LogP contribution in [0.5, 0.6) is 0 Å². The summed E-state index contributed by atoms with van der Waals surface area (Å²) in [6, 6.07) is 4.39. The lowest BCUT2D eigenvalue weighted by Crippen LogP contribution is -2.17. The second-order valence-corrected chi connectivity index (χ2v) is 4.57. The van der Waals surface area contributed by atoms with Gasteiger partial charge in [-0.1, -0.05) is 17.2 Å². The summed E-state index contributed by atoms with van der Waals surface area (Å²) in [7, 11) is 0. The molecule has 3 nitrogen and oxygen atoms in total. The van der Waals surface area contributed by atoms with E-state index in [1.54, 1.807) is 0 Å². The number of nitrogens with zero attached hydrogens (tertiary/aromatic N) is 3. The van der Waals surface area contributed by atoms with Crippen molar-refractivity contribution in [2.24, 2.45) is 5.11 Å². The van der Waals surface area contributed by atoms with Crippen molar-refractivity contribution in [2.75, 3.05) is 12.3 Å². The highest BCUT2D eigenvalue weighted by Gasteiger charge is 2.31. The molecule has 104 valence electrons. The van der Waals surface area contributed by atoms with Gasteiger partial charge in [-0.3, -0.25) is 0 Å². The lowest BCUT2D eigenvalue weighted by molar-refractivity contribution is -0.105. The average molecular weight is 297 g/mol. The summed E-state index contributed by atoms with van der Waals surface area (Å²) in [6.07, 6.45) is -4.31. The predicted octanol–water partition coefficient (Wildman–Crippen LogP) is 4.74. The van der Waals surface area contributed by atoms with Crippen molar-refractivity contribution < 1.29 is 22.0 Å². The molecular formula is C10H8F5N3S. The summed E-state index contributed by atoms with van der Waals surface area (Å²) in [5.74, 6) is -4.42. The summed E-state index contributed by atoms with van der Waals surface area (Å²) in [6.45, 7) is -1.03. The van der Waals surface area contributed by atoms with Crippen LogP contribution in [0.2, 0.25) is 0 Å². The maximum absolute atomic E-state index is 13.4. The molecule has 0 saturated carbocycles. The van der Waals surface area contributed by atoms with Gasteiger partial charge < -0.3 is 0 Å². The highest BCUT2D eigenvalue weighted by atomic mass is 32.2. The van der Waals surface area contributed by atoms with Crippen LogP contribution < -0.4 is 0 Å². The third-order valence-electron chi connectivity index (χ3n) is 2.01. The molecule has 0 radical (unpaired) electrons. The van der Waals surface area contributed by atoms with Gasteiger partial charge in [-0.25, -0.2) is 8.78 Å². The number of alkyl halides is 5. The Kier molecular flexibility index (Phi) is 5.02. The predicted molar refractivity (Wildman–Crippen MR) is 61.1 cm³/mol. The molecule has 0 bridgehead atoms. The normalized spacial score (nSPS) is 12.1. The Bertz CT molecular complexity index is 465. The van der Waals surface area contributed by atoms with Gasteiger partial charge in [0, 0.05) is 15.4 Å². The molecule has 0 saturated heterocycles. The quantitative estimate of drug-likeness (QED) is 0.254. The molecule has 0 aliphatic heterocycles. The Morgan fingerprint density at radius 1 is 1.11 bits per heavy atom. The number of hydrogen-bond acceptors (Lipinski definition) is 2. The van der Waals surface area contributed by atoms with Gasteiger partial charge in [0.1, 0.15) is 0 Å². The lowest BCUT2D eigenvalue weighted by Gasteiger charge is -2.14. The van der Waals surface area contributed by atoms with E-state index >= 15 is 0 Å². The van der Waals surface area contributed by atoms with Gasteiger partial charge in [-0.2, -0.15) is 13.2 Å². The van der Waals surface area contributed by atoms with Crippen LogP contribution in [0.25, 0.3) is 10.4 Å². The highest BCUT2D eigenvalue weighted by Crippen LogP contribution is 2.32. The first-order valence-corrected chi connectivity index (χ1v) is 5.92. The minimum absolute atomic E-state index is 0.237. The van der Waals surface area contributed by atoms with Gasteiger partial charge in [-0.15, -0.1) is 11.8 Å². The fourth-order valence-electron chi connectivity index (χ4n) is 1.17. The largest absolute Gasteiger partial charge is 0.398 e. The minimum atomic E-state index is -4.31. The van der Waals surface area contributed by atoms with E-state index in [0.717, 1.165) is 12.1 Å². The molecule has 1 aromatic rings. The molecule has 1 aromatic carbocycles. The van der Waals surface area contributed by atoms with Crippen molar-refractivity contribution >= 4 is 11.8 Å². The SMILES string of the molecule is [N-]=[N+]=NCC(F)(F)c1ccc(SCC(F)(F)F)cc1. The standard InChI is InChI=1S/C10H8F5N3S/c11-9(12,5-17-18-16)7-1-3-8(4-2-7)19-6-10(13,14)15/h1-4H,5-6H2. The van der Waals surface area contributed by atoms with Crippen molar-refractivity contribution in [1.82, 2.24) is 0 Å². The van der Waals surface area contributed by atoms with E-state index in [1.165, 1.54) is 12.1 Å². The van der Waals surface area contributed by atoms with Crippen LogP contribution in [0.3, 0.4) is 0 Å². The number of benzene rings is 1. The molecule has 0 atom stereocenters. The second-order valence-electron chi connectivity index (χ2n) is 3.52. The Hall–Kier alpha value is -1.47. The van der Waals surface area contributed by atoms with E-state index in [0.29, 0.717) is 11.8 Å². The van der Waals surface area contributed by atoms with Crippen molar-refractivity contribution in [3.05, 3.63) is 40.3 Å². The molecule has 0 aromatic heterocycles. The molecule has 0 aliphatic carbocycles. The Morgan fingerprint density at radius 2 is 1.68 bits per heavy atom.